The van der Waals surface area contributed by atoms with Gasteiger partial charge < -0.3 is 18.9 Å². The molecule has 9 aliphatic rings. The summed E-state index contributed by atoms with van der Waals surface area (Å²) in [7, 11) is 0. The van der Waals surface area contributed by atoms with Crippen LogP contribution in [0.2, 0.25) is 40.2 Å². The first-order valence-corrected chi connectivity index (χ1v) is 51.7. The molecule has 4 fully saturated rings. The lowest BCUT2D eigenvalue weighted by atomic mass is 9.83. The van der Waals surface area contributed by atoms with E-state index < -0.39 is 0 Å². The van der Waals surface area contributed by atoms with Crippen LogP contribution in [0.5, 0.6) is 0 Å². The molecule has 0 N–H and O–H groups in total. The van der Waals surface area contributed by atoms with Crippen LogP contribution in [-0.4, -0.2) is 109 Å². The van der Waals surface area contributed by atoms with E-state index in [9.17, 15) is 4.39 Å². The largest absolute Gasteiger partial charge is 0.358 e. The fourth-order valence-electron chi connectivity index (χ4n) is 22.4. The molecule has 14 heterocycles. The van der Waals surface area contributed by atoms with Gasteiger partial charge in [-0.15, -0.1) is 0 Å². The van der Waals surface area contributed by atoms with Gasteiger partial charge >= 0.3 is 0 Å². The zero-order valence-corrected chi connectivity index (χ0v) is 84.8. The molecule has 0 saturated carbocycles. The van der Waals surface area contributed by atoms with Crippen LogP contribution < -0.4 is 0 Å². The first-order valence-electron chi connectivity index (χ1n) is 48.7. The van der Waals surface area contributed by atoms with Crippen molar-refractivity contribution in [2.24, 2.45) is 4.99 Å². The molecule has 0 aliphatic carbocycles. The zero-order valence-electron chi connectivity index (χ0n) is 78.8. The molecule has 15 aromatic rings. The van der Waals surface area contributed by atoms with Gasteiger partial charge in [0.05, 0.1) is 51.7 Å². The van der Waals surface area contributed by atoms with Crippen LogP contribution >= 0.6 is 92.8 Å². The summed E-state index contributed by atoms with van der Waals surface area (Å²) in [6, 6.07) is 95.0. The minimum Gasteiger partial charge on any atom is -0.358 e. The van der Waals surface area contributed by atoms with Crippen molar-refractivity contribution in [2.45, 2.75) is 138 Å². The molecule has 14 nitrogen and oxygen atoms in total. The number of hydrogen-bond donors (Lipinski definition) is 0. The van der Waals surface area contributed by atoms with Gasteiger partial charge in [-0.3, -0.25) is 49.5 Å². The minimum atomic E-state index is -0.325. The SMILES string of the molecule is CC1=NCC(C)=C1c1ccc(CN2CCC3(CC2)OC(c2cc(Cl)cc(Cl)c2)c2ccccc23)nc1.Clc1cc(Cl)cc(C2OC3(CCN(Cc4ccc(-c5ccccc5)cn4)CC3)c3ccccc32)c1.Clc1cc(Cl)cc(C2OC3(CCN(Cc4ccc(-c5cccnc5)cn4)CC3)c3ccccc32)c1.Fc1ccccc1-c1ccc(CN2CCC3(CC2)OC(c2cc(Cl)cc(Cl)c2)c2ccccc23)nc1. The van der Waals surface area contributed by atoms with E-state index in [4.69, 9.17) is 127 Å². The van der Waals surface area contributed by atoms with Crippen molar-refractivity contribution in [3.05, 3.63) is 469 Å². The number of likely N-dealkylation sites (tertiary alicyclic amines) is 4. The van der Waals surface area contributed by atoms with E-state index in [1.165, 1.54) is 67.3 Å². The van der Waals surface area contributed by atoms with Crippen molar-refractivity contribution >= 4 is 104 Å². The van der Waals surface area contributed by atoms with E-state index in [2.05, 4.69) is 212 Å². The average molecular weight is 2040 g/mol. The summed E-state index contributed by atoms with van der Waals surface area (Å²) in [4.78, 5) is 37.5. The third-order valence-electron chi connectivity index (χ3n) is 29.5. The Balaban J connectivity index is 0.000000112. The highest BCUT2D eigenvalue weighted by Crippen LogP contribution is 2.57. The summed E-state index contributed by atoms with van der Waals surface area (Å²) in [6.07, 6.45) is 18.1. The average Bonchev–Trinajstić information content (AvgIpc) is 1.60. The summed E-state index contributed by atoms with van der Waals surface area (Å²) in [5, 5.41) is 5.03. The number of piperidine rings is 4. The maximum absolute atomic E-state index is 14.1. The third-order valence-corrected chi connectivity index (χ3v) is 31.2. The summed E-state index contributed by atoms with van der Waals surface area (Å²) >= 11 is 50.6. The predicted octanol–water partition coefficient (Wildman–Crippen LogP) is 29.8. The Morgan fingerprint density at radius 3 is 0.873 bits per heavy atom. The standard InChI is InChI=1S/C30H25Cl2FN2O.C30H29Cl2N3O.C30H26Cl2N2O.C29H25Cl2N3O/c31-22-15-21(16-23(32)17-22)29-26-6-1-3-7-27(26)30(36-29)11-13-35(14-12-30)19-24-10-9-20(18-34-24)25-5-2-4-8-28(25)33;1-19-16-33-20(2)28(19)21-7-8-25(34-17-21)18-35-11-9-30(10-12-35)27-6-4-3-5-26(27)29(36-30)22-13-23(31)15-24(32)14-22;31-24-16-23(17-25(32)18-24)29-27-8-4-5-9-28(27)30(35-29)12-14-34(15-13-30)20-26-11-10-22(19-33-26)21-6-2-1-3-7-21;30-23-14-22(15-24(31)16-23)28-26-5-1-2-6-27(26)29(35-28)9-12-34(13-10-29)19-25-8-7-21(18-33-25)20-4-3-11-32-17-20/h1-10,15-18,29H,11-14,19H2;3-8,13-15,17,29H,9-12,16,18H2,1-2H3;1-11,16-19,29H,12-15,20H2;1-8,11,14-18,28H,9-10,12-13,19H2. The highest BCUT2D eigenvalue weighted by molar-refractivity contribution is 6.36. The molecule has 23 heteroatoms. The van der Waals surface area contributed by atoms with Gasteiger partial charge in [0.15, 0.2) is 0 Å². The van der Waals surface area contributed by atoms with Crippen LogP contribution in [-0.2, 0) is 67.5 Å². The molecule has 24 rings (SSSR count). The molecule has 4 atom stereocenters. The number of ether oxygens (including phenoxy) is 4. The lowest BCUT2D eigenvalue weighted by molar-refractivity contribution is -0.0980. The van der Waals surface area contributed by atoms with E-state index >= 15 is 0 Å². The van der Waals surface area contributed by atoms with E-state index in [0.717, 1.165) is 215 Å². The number of aromatic nitrogens is 5. The highest BCUT2D eigenvalue weighted by atomic mass is 35.5. The van der Waals surface area contributed by atoms with E-state index in [0.29, 0.717) is 45.7 Å². The van der Waals surface area contributed by atoms with Gasteiger partial charge in [-0.25, -0.2) is 4.39 Å². The summed E-state index contributed by atoms with van der Waals surface area (Å²) in [6.45, 7) is 15.8. The number of nitrogens with zero attached hydrogens (tertiary/aromatic N) is 10. The molecule has 9 aliphatic heterocycles. The zero-order chi connectivity index (χ0) is 97.2. The second kappa shape index (κ2) is 42.5. The van der Waals surface area contributed by atoms with Crippen molar-refractivity contribution in [3.63, 3.8) is 0 Å². The first kappa shape index (κ1) is 97.4. The fourth-order valence-corrected chi connectivity index (χ4v) is 24.5. The van der Waals surface area contributed by atoms with Crippen molar-refractivity contribution in [3.8, 4) is 33.4 Å². The fraction of sp³-hybridized carbons (Fsp3) is 0.261. The van der Waals surface area contributed by atoms with Gasteiger partial charge in [-0.05, 0) is 252 Å². The second-order valence-corrected chi connectivity index (χ2v) is 42.0. The Kier molecular flexibility index (Phi) is 29.2. The molecular formula is C119H105Cl8FN10O4. The Morgan fingerprint density at radius 2 is 0.577 bits per heavy atom. The Bertz CT molecular complexity index is 6850. The third kappa shape index (κ3) is 21.1. The van der Waals surface area contributed by atoms with Crippen molar-refractivity contribution in [1.29, 1.82) is 0 Å². The summed E-state index contributed by atoms with van der Waals surface area (Å²) in [5.74, 6) is -0.233. The van der Waals surface area contributed by atoms with Crippen molar-refractivity contribution in [2.75, 3.05) is 58.9 Å². The Morgan fingerprint density at radius 1 is 0.296 bits per heavy atom. The highest BCUT2D eigenvalue weighted by Gasteiger charge is 2.52. The van der Waals surface area contributed by atoms with Crippen molar-refractivity contribution < 1.29 is 23.3 Å². The lowest BCUT2D eigenvalue weighted by Gasteiger charge is -2.39. The Hall–Kier alpha value is -10.7. The van der Waals surface area contributed by atoms with Gasteiger partial charge in [0.1, 0.15) is 30.2 Å². The van der Waals surface area contributed by atoms with Crippen LogP contribution in [0.4, 0.5) is 4.39 Å². The molecule has 4 spiro atoms. The summed E-state index contributed by atoms with van der Waals surface area (Å²) in [5.41, 5.74) is 27.8. The number of halogens is 9. The molecule has 4 unspecified atom stereocenters. The number of pyridine rings is 5. The molecule has 5 aromatic heterocycles. The van der Waals surface area contributed by atoms with Gasteiger partial charge in [0, 0.05) is 201 Å². The summed E-state index contributed by atoms with van der Waals surface area (Å²) < 4.78 is 41.5. The first-order chi connectivity index (χ1) is 69.1. The van der Waals surface area contributed by atoms with E-state index in [-0.39, 0.29) is 52.6 Å². The maximum Gasteiger partial charge on any atom is 0.131 e. The van der Waals surface area contributed by atoms with Gasteiger partial charge in [0.2, 0.25) is 0 Å². The lowest BCUT2D eigenvalue weighted by Crippen LogP contribution is -2.42. The molecule has 0 amide bonds. The number of benzene rings is 10. The van der Waals surface area contributed by atoms with Crippen LogP contribution in [0.15, 0.2) is 333 Å². The molecule has 142 heavy (non-hydrogen) atoms. The smallest absolute Gasteiger partial charge is 0.131 e. The Labute approximate surface area is 869 Å². The van der Waals surface area contributed by atoms with E-state index in [1.54, 1.807) is 48.8 Å². The molecule has 718 valence electrons. The predicted molar refractivity (Wildman–Crippen MR) is 570 cm³/mol. The molecule has 4 saturated heterocycles. The number of hydrogen-bond acceptors (Lipinski definition) is 14. The number of rotatable bonds is 16. The molecular weight excluding hydrogens is 1940 g/mol. The van der Waals surface area contributed by atoms with Crippen molar-refractivity contribution in [1.82, 2.24) is 44.5 Å². The van der Waals surface area contributed by atoms with E-state index in [1.807, 2.05) is 104 Å². The molecule has 0 bridgehead atoms. The second-order valence-electron chi connectivity index (χ2n) is 38.5. The quantitative estimate of drug-likeness (QED) is 0.0912. The van der Waals surface area contributed by atoms with Gasteiger partial charge in [-0.1, -0.05) is 269 Å². The number of allylic oxidation sites excluding steroid dienone is 1. The monoisotopic (exact) mass is 2040 g/mol. The minimum absolute atomic E-state index is 0.152. The van der Waals surface area contributed by atoms with Gasteiger partial charge in [0.25, 0.3) is 0 Å². The molecule has 0 radical (unpaired) electrons. The van der Waals surface area contributed by atoms with Crippen LogP contribution in [0, 0.1) is 5.82 Å². The van der Waals surface area contributed by atoms with Crippen LogP contribution in [0.3, 0.4) is 0 Å². The topological polar surface area (TPSA) is 127 Å². The van der Waals surface area contributed by atoms with Crippen LogP contribution in [0.25, 0.3) is 39.0 Å². The number of fused-ring (bicyclic) bond motifs is 8. The number of aliphatic imine (C=N–C) groups is 1. The van der Waals surface area contributed by atoms with Crippen LogP contribution in [0.1, 0.15) is 185 Å². The normalized spacial score (nSPS) is 19.6. The maximum atomic E-state index is 14.1. The van der Waals surface area contributed by atoms with Gasteiger partial charge in [-0.2, -0.15) is 0 Å². The molecule has 10 aromatic carbocycles.